The standard InChI is InChI=1S/C10H19NO2S/c1-2-3-4-5-6-11-7-9-14(12,13)10-8-11/h4-5H,2-3,6-10H2,1H3/b5-4+. The van der Waals surface area contributed by atoms with Crippen LogP contribution in [0.3, 0.4) is 0 Å². The van der Waals surface area contributed by atoms with Gasteiger partial charge in [-0.05, 0) is 6.42 Å². The van der Waals surface area contributed by atoms with Crippen molar-refractivity contribution in [2.45, 2.75) is 19.8 Å². The van der Waals surface area contributed by atoms with Crippen LogP contribution >= 0.6 is 0 Å². The summed E-state index contributed by atoms with van der Waals surface area (Å²) in [5.41, 5.74) is 0. The maximum Gasteiger partial charge on any atom is 0.152 e. The van der Waals surface area contributed by atoms with E-state index >= 15 is 0 Å². The fourth-order valence-corrected chi connectivity index (χ4v) is 2.72. The Bertz CT molecular complexity index is 268. The van der Waals surface area contributed by atoms with Crippen molar-refractivity contribution in [3.63, 3.8) is 0 Å². The third-order valence-corrected chi connectivity index (χ3v) is 4.03. The Balaban J connectivity index is 2.22. The first-order valence-corrected chi connectivity index (χ1v) is 7.04. The molecule has 0 amide bonds. The largest absolute Gasteiger partial charge is 0.298 e. The van der Waals surface area contributed by atoms with Gasteiger partial charge in [-0.2, -0.15) is 0 Å². The average Bonchev–Trinajstić information content (AvgIpc) is 2.15. The smallest absolute Gasteiger partial charge is 0.152 e. The van der Waals surface area contributed by atoms with Gasteiger partial charge < -0.3 is 0 Å². The van der Waals surface area contributed by atoms with E-state index < -0.39 is 9.84 Å². The summed E-state index contributed by atoms with van der Waals surface area (Å²) >= 11 is 0. The van der Waals surface area contributed by atoms with Crippen molar-refractivity contribution < 1.29 is 8.42 Å². The first-order valence-electron chi connectivity index (χ1n) is 5.22. The minimum atomic E-state index is -2.72. The van der Waals surface area contributed by atoms with Crippen LogP contribution in [0.25, 0.3) is 0 Å². The van der Waals surface area contributed by atoms with Crippen LogP contribution in [0, 0.1) is 0 Å². The Morgan fingerprint density at radius 2 is 1.86 bits per heavy atom. The lowest BCUT2D eigenvalue weighted by Gasteiger charge is -2.24. The summed E-state index contributed by atoms with van der Waals surface area (Å²) in [6, 6.07) is 0. The molecule has 1 rings (SSSR count). The summed E-state index contributed by atoms with van der Waals surface area (Å²) in [7, 11) is -2.72. The van der Waals surface area contributed by atoms with Crippen LogP contribution < -0.4 is 0 Å². The molecule has 0 radical (unpaired) electrons. The molecule has 0 aliphatic carbocycles. The van der Waals surface area contributed by atoms with Crippen molar-refractivity contribution in [3.05, 3.63) is 12.2 Å². The van der Waals surface area contributed by atoms with Crippen molar-refractivity contribution in [2.75, 3.05) is 31.1 Å². The van der Waals surface area contributed by atoms with Crippen LogP contribution in [0.1, 0.15) is 19.8 Å². The lowest BCUT2D eigenvalue weighted by atomic mass is 10.3. The molecule has 3 nitrogen and oxygen atoms in total. The van der Waals surface area contributed by atoms with Gasteiger partial charge >= 0.3 is 0 Å². The van der Waals surface area contributed by atoms with Gasteiger partial charge in [-0.25, -0.2) is 8.42 Å². The second-order valence-corrected chi connectivity index (χ2v) is 6.02. The first kappa shape index (κ1) is 11.7. The molecule has 1 aliphatic heterocycles. The molecule has 4 heteroatoms. The molecule has 0 saturated carbocycles. The molecule has 1 saturated heterocycles. The maximum absolute atomic E-state index is 11.1. The minimum Gasteiger partial charge on any atom is -0.298 e. The summed E-state index contributed by atoms with van der Waals surface area (Å²) in [5.74, 6) is 0.656. The van der Waals surface area contributed by atoms with Crippen molar-refractivity contribution in [1.82, 2.24) is 4.90 Å². The third kappa shape index (κ3) is 4.24. The lowest BCUT2D eigenvalue weighted by Crippen LogP contribution is -2.40. The van der Waals surface area contributed by atoms with E-state index in [9.17, 15) is 8.42 Å². The van der Waals surface area contributed by atoms with Gasteiger partial charge in [0.05, 0.1) is 11.5 Å². The molecule has 1 fully saturated rings. The number of hydrogen-bond acceptors (Lipinski definition) is 3. The number of unbranched alkanes of at least 4 members (excludes halogenated alkanes) is 1. The molecule has 0 aromatic rings. The van der Waals surface area contributed by atoms with E-state index in [1.165, 1.54) is 6.42 Å². The van der Waals surface area contributed by atoms with Gasteiger partial charge in [0.15, 0.2) is 9.84 Å². The number of hydrogen-bond donors (Lipinski definition) is 0. The van der Waals surface area contributed by atoms with Crippen LogP contribution in [-0.4, -0.2) is 44.5 Å². The summed E-state index contributed by atoms with van der Waals surface area (Å²) < 4.78 is 22.3. The van der Waals surface area contributed by atoms with Gasteiger partial charge in [-0.1, -0.05) is 25.5 Å². The molecule has 0 spiro atoms. The van der Waals surface area contributed by atoms with E-state index in [-0.39, 0.29) is 0 Å². The van der Waals surface area contributed by atoms with Gasteiger partial charge in [-0.3, -0.25) is 4.90 Å². The zero-order valence-corrected chi connectivity index (χ0v) is 9.59. The van der Waals surface area contributed by atoms with Gasteiger partial charge in [0.1, 0.15) is 0 Å². The molecule has 14 heavy (non-hydrogen) atoms. The van der Waals surface area contributed by atoms with Crippen molar-refractivity contribution in [2.24, 2.45) is 0 Å². The maximum atomic E-state index is 11.1. The van der Waals surface area contributed by atoms with E-state index in [4.69, 9.17) is 0 Å². The molecular formula is C10H19NO2S. The van der Waals surface area contributed by atoms with E-state index in [2.05, 4.69) is 24.0 Å². The molecule has 0 aromatic heterocycles. The Morgan fingerprint density at radius 3 is 2.43 bits per heavy atom. The predicted molar refractivity (Wildman–Crippen MR) is 59.1 cm³/mol. The molecule has 82 valence electrons. The second kappa shape index (κ2) is 5.51. The topological polar surface area (TPSA) is 37.4 Å². The SMILES string of the molecule is CCC/C=C/CN1CCS(=O)(=O)CC1. The molecule has 1 aliphatic rings. The number of allylic oxidation sites excluding steroid dienone is 1. The van der Waals surface area contributed by atoms with E-state index in [1.54, 1.807) is 0 Å². The van der Waals surface area contributed by atoms with Crippen molar-refractivity contribution >= 4 is 9.84 Å². The van der Waals surface area contributed by atoms with Crippen LogP contribution in [0.5, 0.6) is 0 Å². The Hall–Kier alpha value is -0.350. The molecule has 0 atom stereocenters. The Labute approximate surface area is 86.7 Å². The van der Waals surface area contributed by atoms with Crippen molar-refractivity contribution in [1.29, 1.82) is 0 Å². The van der Waals surface area contributed by atoms with Gasteiger partial charge in [0.25, 0.3) is 0 Å². The van der Waals surface area contributed by atoms with E-state index in [0.29, 0.717) is 24.6 Å². The van der Waals surface area contributed by atoms with E-state index in [1.807, 2.05) is 0 Å². The fourth-order valence-electron chi connectivity index (χ4n) is 1.44. The molecule has 0 unspecified atom stereocenters. The highest BCUT2D eigenvalue weighted by atomic mass is 32.2. The highest BCUT2D eigenvalue weighted by molar-refractivity contribution is 7.91. The second-order valence-electron chi connectivity index (χ2n) is 3.71. The lowest BCUT2D eigenvalue weighted by molar-refractivity contribution is 0.326. The number of sulfone groups is 1. The van der Waals surface area contributed by atoms with E-state index in [0.717, 1.165) is 13.0 Å². The number of nitrogens with zero attached hydrogens (tertiary/aromatic N) is 1. The zero-order valence-electron chi connectivity index (χ0n) is 8.78. The normalized spacial score (nSPS) is 22.9. The fraction of sp³-hybridized carbons (Fsp3) is 0.800. The summed E-state index contributed by atoms with van der Waals surface area (Å²) in [4.78, 5) is 2.19. The third-order valence-electron chi connectivity index (χ3n) is 2.42. The molecule has 1 heterocycles. The quantitative estimate of drug-likeness (QED) is 0.661. The Kier molecular flexibility index (Phi) is 4.62. The van der Waals surface area contributed by atoms with Gasteiger partial charge in [0, 0.05) is 19.6 Å². The number of rotatable bonds is 4. The van der Waals surface area contributed by atoms with Crippen LogP contribution in [0.4, 0.5) is 0 Å². The molecule has 0 bridgehead atoms. The first-order chi connectivity index (χ1) is 6.64. The van der Waals surface area contributed by atoms with Crippen LogP contribution in [-0.2, 0) is 9.84 Å². The van der Waals surface area contributed by atoms with Crippen LogP contribution in [0.2, 0.25) is 0 Å². The van der Waals surface area contributed by atoms with Gasteiger partial charge in [-0.15, -0.1) is 0 Å². The highest BCUT2D eigenvalue weighted by Crippen LogP contribution is 2.03. The predicted octanol–water partition coefficient (Wildman–Crippen LogP) is 1.07. The molecule has 0 aromatic carbocycles. The monoisotopic (exact) mass is 217 g/mol. The van der Waals surface area contributed by atoms with Crippen molar-refractivity contribution in [3.8, 4) is 0 Å². The molecular weight excluding hydrogens is 198 g/mol. The Morgan fingerprint density at radius 1 is 1.21 bits per heavy atom. The summed E-state index contributed by atoms with van der Waals surface area (Å²) in [6.07, 6.45) is 6.60. The molecule has 0 N–H and O–H groups in total. The minimum absolute atomic E-state index is 0.328. The summed E-state index contributed by atoms with van der Waals surface area (Å²) in [5, 5.41) is 0. The summed E-state index contributed by atoms with van der Waals surface area (Å²) in [6.45, 7) is 4.44. The average molecular weight is 217 g/mol. The van der Waals surface area contributed by atoms with Gasteiger partial charge in [0.2, 0.25) is 0 Å². The van der Waals surface area contributed by atoms with Crippen LogP contribution in [0.15, 0.2) is 12.2 Å². The highest BCUT2D eigenvalue weighted by Gasteiger charge is 2.20. The zero-order chi connectivity index (χ0) is 10.4.